The van der Waals surface area contributed by atoms with E-state index in [2.05, 4.69) is 57.6 Å². The average Bonchev–Trinajstić information content (AvgIpc) is 3.27. The zero-order chi connectivity index (χ0) is 22.5. The Labute approximate surface area is 195 Å². The third kappa shape index (κ3) is 3.32. The van der Waals surface area contributed by atoms with Crippen LogP contribution in [-0.4, -0.2) is 49.2 Å². The molecule has 0 atom stereocenters. The normalized spacial score (nSPS) is 19.5. The van der Waals surface area contributed by atoms with Gasteiger partial charge in [0.2, 0.25) is 0 Å². The second-order valence-corrected chi connectivity index (χ2v) is 9.77. The number of hydrogen-bond donors (Lipinski definition) is 1. The third-order valence-electron chi connectivity index (χ3n) is 7.95. The van der Waals surface area contributed by atoms with Crippen molar-refractivity contribution in [2.24, 2.45) is 0 Å². The van der Waals surface area contributed by atoms with E-state index in [1.165, 1.54) is 62.1 Å². The largest absolute Gasteiger partial charge is 0.371 e. The minimum absolute atomic E-state index is 0.669. The van der Waals surface area contributed by atoms with Gasteiger partial charge >= 0.3 is 0 Å². The molecule has 168 valence electrons. The fourth-order valence-corrected chi connectivity index (χ4v) is 6.09. The summed E-state index contributed by atoms with van der Waals surface area (Å²) < 4.78 is 0. The molecule has 2 fully saturated rings. The number of benzene rings is 2. The predicted octanol–water partition coefficient (Wildman–Crippen LogP) is 5.64. The first kappa shape index (κ1) is 20.4. The van der Waals surface area contributed by atoms with Gasteiger partial charge in [-0.3, -0.25) is 0 Å². The number of hydrogen-bond acceptors (Lipinski definition) is 4. The Morgan fingerprint density at radius 1 is 1.00 bits per heavy atom. The number of fused-ring (bicyclic) bond motifs is 4. The van der Waals surface area contributed by atoms with E-state index in [0.29, 0.717) is 5.56 Å². The molecule has 1 N–H and O–H groups in total. The van der Waals surface area contributed by atoms with Crippen molar-refractivity contribution in [3.63, 3.8) is 0 Å². The molecule has 3 aromatic rings. The molecule has 4 heterocycles. The average molecular weight is 438 g/mol. The van der Waals surface area contributed by atoms with Gasteiger partial charge in [0.15, 0.2) is 0 Å². The summed E-state index contributed by atoms with van der Waals surface area (Å²) in [7, 11) is 2.12. The van der Waals surface area contributed by atoms with Crippen molar-refractivity contribution in [3.05, 3.63) is 59.7 Å². The van der Waals surface area contributed by atoms with Crippen LogP contribution in [0.25, 0.3) is 16.5 Å². The summed E-state index contributed by atoms with van der Waals surface area (Å²) in [6.45, 7) is 9.30. The SMILES string of the molecule is C=C1c2ccc(N3CCC(N4CCCCC4)CC3)cc2N(C)c2[nH]c3cc(C#N)ccc3c21. The number of H-pyrrole nitrogens is 1. The molecule has 0 amide bonds. The van der Waals surface area contributed by atoms with E-state index in [4.69, 9.17) is 0 Å². The van der Waals surface area contributed by atoms with Crippen LogP contribution in [0.4, 0.5) is 17.2 Å². The van der Waals surface area contributed by atoms with Crippen molar-refractivity contribution in [2.75, 3.05) is 43.0 Å². The van der Waals surface area contributed by atoms with Gasteiger partial charge in [-0.05, 0) is 68.6 Å². The fourth-order valence-electron chi connectivity index (χ4n) is 6.09. The summed E-state index contributed by atoms with van der Waals surface area (Å²) in [6.07, 6.45) is 6.66. The molecule has 0 saturated carbocycles. The number of nitrogens with one attached hydrogen (secondary N) is 1. The van der Waals surface area contributed by atoms with Gasteiger partial charge in [0.25, 0.3) is 0 Å². The second-order valence-electron chi connectivity index (χ2n) is 9.77. The van der Waals surface area contributed by atoms with Gasteiger partial charge in [0, 0.05) is 53.9 Å². The van der Waals surface area contributed by atoms with E-state index in [1.807, 2.05) is 18.2 Å². The minimum atomic E-state index is 0.669. The number of rotatable bonds is 2. The van der Waals surface area contributed by atoms with Crippen LogP contribution in [0.2, 0.25) is 0 Å². The van der Waals surface area contributed by atoms with E-state index >= 15 is 0 Å². The summed E-state index contributed by atoms with van der Waals surface area (Å²) in [5.74, 6) is 1.05. The van der Waals surface area contributed by atoms with Crippen LogP contribution < -0.4 is 9.80 Å². The first-order chi connectivity index (χ1) is 16.1. The highest BCUT2D eigenvalue weighted by atomic mass is 15.2. The lowest BCUT2D eigenvalue weighted by molar-refractivity contribution is 0.141. The second kappa shape index (κ2) is 7.97. The summed E-state index contributed by atoms with van der Waals surface area (Å²) >= 11 is 0. The number of anilines is 3. The molecule has 6 rings (SSSR count). The molecule has 1 aromatic heterocycles. The van der Waals surface area contributed by atoms with E-state index in [9.17, 15) is 5.26 Å². The van der Waals surface area contributed by atoms with E-state index in [0.717, 1.165) is 47.0 Å². The quantitative estimate of drug-likeness (QED) is 0.564. The van der Waals surface area contributed by atoms with Crippen LogP contribution in [-0.2, 0) is 0 Å². The lowest BCUT2D eigenvalue weighted by atomic mass is 9.92. The highest BCUT2D eigenvalue weighted by Crippen LogP contribution is 2.47. The smallest absolute Gasteiger partial charge is 0.119 e. The van der Waals surface area contributed by atoms with Crippen molar-refractivity contribution in [3.8, 4) is 6.07 Å². The van der Waals surface area contributed by atoms with Gasteiger partial charge < -0.3 is 19.7 Å². The van der Waals surface area contributed by atoms with Gasteiger partial charge in [0.1, 0.15) is 5.82 Å². The molecule has 0 radical (unpaired) electrons. The van der Waals surface area contributed by atoms with Gasteiger partial charge in [0.05, 0.1) is 17.3 Å². The summed E-state index contributed by atoms with van der Waals surface area (Å²) in [6, 6.07) is 15.7. The molecule has 3 aliphatic heterocycles. The summed E-state index contributed by atoms with van der Waals surface area (Å²) in [5.41, 5.74) is 7.51. The summed E-state index contributed by atoms with van der Waals surface area (Å²) in [5, 5.41) is 10.4. The van der Waals surface area contributed by atoms with Crippen LogP contribution in [0.1, 0.15) is 48.8 Å². The Hall–Kier alpha value is -3.23. The molecule has 2 aromatic carbocycles. The summed E-state index contributed by atoms with van der Waals surface area (Å²) in [4.78, 5) is 11.1. The first-order valence-electron chi connectivity index (χ1n) is 12.3. The molecule has 0 unspecified atom stereocenters. The fraction of sp³-hybridized carbons (Fsp3) is 0.393. The monoisotopic (exact) mass is 437 g/mol. The zero-order valence-corrected chi connectivity index (χ0v) is 19.4. The van der Waals surface area contributed by atoms with Crippen LogP contribution in [0.3, 0.4) is 0 Å². The van der Waals surface area contributed by atoms with Crippen LogP contribution >= 0.6 is 0 Å². The maximum absolute atomic E-state index is 9.29. The van der Waals surface area contributed by atoms with E-state index in [-0.39, 0.29) is 0 Å². The van der Waals surface area contributed by atoms with E-state index in [1.54, 1.807) is 0 Å². The van der Waals surface area contributed by atoms with Crippen molar-refractivity contribution >= 4 is 33.7 Å². The molecule has 0 spiro atoms. The van der Waals surface area contributed by atoms with Gasteiger partial charge in [-0.15, -0.1) is 0 Å². The molecular weight excluding hydrogens is 406 g/mol. The van der Waals surface area contributed by atoms with Crippen molar-refractivity contribution in [1.82, 2.24) is 9.88 Å². The third-order valence-corrected chi connectivity index (χ3v) is 7.95. The standard InChI is InChI=1S/C28H31N5/c1-19-23-9-7-22(33-14-10-21(11-15-33)32-12-4-3-5-13-32)17-26(23)31(2)28-27(19)24-8-6-20(18-29)16-25(24)30-28/h6-9,16-17,21,30H,1,3-5,10-15H2,2H3. The first-order valence-corrected chi connectivity index (χ1v) is 12.3. The predicted molar refractivity (Wildman–Crippen MR) is 136 cm³/mol. The molecule has 5 heteroatoms. The molecule has 5 nitrogen and oxygen atoms in total. The molecule has 0 bridgehead atoms. The molecule has 3 aliphatic rings. The lowest BCUT2D eigenvalue weighted by Gasteiger charge is -2.41. The molecule has 33 heavy (non-hydrogen) atoms. The lowest BCUT2D eigenvalue weighted by Crippen LogP contribution is -2.46. The zero-order valence-electron chi connectivity index (χ0n) is 19.4. The van der Waals surface area contributed by atoms with Gasteiger partial charge in [-0.1, -0.05) is 25.1 Å². The van der Waals surface area contributed by atoms with Crippen LogP contribution in [0.5, 0.6) is 0 Å². The minimum Gasteiger partial charge on any atom is -0.371 e. The highest BCUT2D eigenvalue weighted by Gasteiger charge is 2.29. The van der Waals surface area contributed by atoms with Crippen molar-refractivity contribution in [2.45, 2.75) is 38.1 Å². The van der Waals surface area contributed by atoms with Gasteiger partial charge in [-0.2, -0.15) is 5.26 Å². The Morgan fingerprint density at radius 2 is 1.79 bits per heavy atom. The number of piperidine rings is 2. The Morgan fingerprint density at radius 3 is 2.55 bits per heavy atom. The van der Waals surface area contributed by atoms with Gasteiger partial charge in [-0.25, -0.2) is 0 Å². The molecular formula is C28H31N5. The topological polar surface area (TPSA) is 49.3 Å². The number of nitriles is 1. The Kier molecular flexibility index (Phi) is 4.92. The van der Waals surface area contributed by atoms with Crippen molar-refractivity contribution in [1.29, 1.82) is 5.26 Å². The number of likely N-dealkylation sites (tertiary alicyclic amines) is 1. The Bertz CT molecular complexity index is 1270. The molecule has 2 saturated heterocycles. The number of aromatic nitrogens is 1. The van der Waals surface area contributed by atoms with E-state index < -0.39 is 0 Å². The highest BCUT2D eigenvalue weighted by molar-refractivity contribution is 6.08. The van der Waals surface area contributed by atoms with Crippen LogP contribution in [0, 0.1) is 11.3 Å². The molecule has 0 aliphatic carbocycles. The Balaban J connectivity index is 1.27. The van der Waals surface area contributed by atoms with Crippen molar-refractivity contribution < 1.29 is 0 Å². The number of nitrogens with zero attached hydrogens (tertiary/aromatic N) is 4. The maximum atomic E-state index is 9.29. The maximum Gasteiger partial charge on any atom is 0.119 e. The number of aromatic amines is 1. The van der Waals surface area contributed by atoms with Crippen LogP contribution in [0.15, 0.2) is 43.0 Å².